The molecule has 0 spiro atoms. The van der Waals surface area contributed by atoms with E-state index in [0.717, 1.165) is 31.5 Å². The first-order valence-electron chi connectivity index (χ1n) is 9.51. The van der Waals surface area contributed by atoms with Crippen molar-refractivity contribution in [2.24, 2.45) is 5.92 Å². The summed E-state index contributed by atoms with van der Waals surface area (Å²) in [7, 11) is 0. The third-order valence-electron chi connectivity index (χ3n) is 4.92. The van der Waals surface area contributed by atoms with Crippen LogP contribution in [-0.2, 0) is 9.59 Å². The van der Waals surface area contributed by atoms with Crippen molar-refractivity contribution >= 4 is 34.9 Å². The quantitative estimate of drug-likeness (QED) is 0.774. The average molecular weight is 401 g/mol. The molecule has 1 saturated heterocycles. The van der Waals surface area contributed by atoms with E-state index in [1.165, 1.54) is 0 Å². The molecule has 0 atom stereocenters. The Morgan fingerprint density at radius 1 is 1.14 bits per heavy atom. The first-order chi connectivity index (χ1) is 13.5. The van der Waals surface area contributed by atoms with Gasteiger partial charge in [0, 0.05) is 25.1 Å². The Morgan fingerprint density at radius 3 is 2.57 bits per heavy atom. The van der Waals surface area contributed by atoms with Gasteiger partial charge in [-0.15, -0.1) is 0 Å². The van der Waals surface area contributed by atoms with E-state index >= 15 is 0 Å². The third kappa shape index (κ3) is 5.78. The van der Waals surface area contributed by atoms with Gasteiger partial charge in [-0.05, 0) is 56.6 Å². The molecule has 6 nitrogen and oxygen atoms in total. The van der Waals surface area contributed by atoms with Gasteiger partial charge in [0.25, 0.3) is 0 Å². The van der Waals surface area contributed by atoms with Crippen LogP contribution in [0.3, 0.4) is 0 Å². The van der Waals surface area contributed by atoms with Crippen molar-refractivity contribution in [3.63, 3.8) is 0 Å². The molecule has 2 heterocycles. The minimum atomic E-state index is -0.0570. The van der Waals surface area contributed by atoms with Gasteiger partial charge in [-0.25, -0.2) is 4.98 Å². The van der Waals surface area contributed by atoms with Crippen molar-refractivity contribution in [2.45, 2.75) is 26.2 Å². The molecule has 148 valence electrons. The second-order valence-electron chi connectivity index (χ2n) is 7.10. The van der Waals surface area contributed by atoms with E-state index < -0.39 is 0 Å². The molecule has 0 unspecified atom stereocenters. The predicted molar refractivity (Wildman–Crippen MR) is 111 cm³/mol. The lowest BCUT2D eigenvalue weighted by Gasteiger charge is -2.31. The van der Waals surface area contributed by atoms with Crippen molar-refractivity contribution in [3.05, 3.63) is 53.2 Å². The van der Waals surface area contributed by atoms with Gasteiger partial charge in [0.15, 0.2) is 0 Å². The molecule has 3 rings (SSSR count). The van der Waals surface area contributed by atoms with E-state index in [0.29, 0.717) is 29.5 Å². The smallest absolute Gasteiger partial charge is 0.228 e. The molecule has 2 aromatic rings. The number of nitrogens with zero attached hydrogens (tertiary/aromatic N) is 2. The van der Waals surface area contributed by atoms with Gasteiger partial charge in [-0.3, -0.25) is 9.59 Å². The van der Waals surface area contributed by atoms with Gasteiger partial charge in [0.1, 0.15) is 5.82 Å². The molecule has 7 heteroatoms. The number of rotatable bonds is 6. The highest BCUT2D eigenvalue weighted by Gasteiger charge is 2.25. The number of hydrogen-bond acceptors (Lipinski definition) is 4. The van der Waals surface area contributed by atoms with Crippen LogP contribution < -0.4 is 10.6 Å². The van der Waals surface area contributed by atoms with E-state index in [2.05, 4.69) is 20.5 Å². The Kier molecular flexibility index (Phi) is 7.01. The third-order valence-corrected chi connectivity index (χ3v) is 5.25. The summed E-state index contributed by atoms with van der Waals surface area (Å²) in [6, 6.07) is 10.9. The number of benzene rings is 1. The second kappa shape index (κ2) is 9.66. The Hall–Kier alpha value is -2.44. The molecule has 0 saturated carbocycles. The van der Waals surface area contributed by atoms with E-state index in [9.17, 15) is 9.59 Å². The van der Waals surface area contributed by atoms with Crippen LogP contribution in [-0.4, -0.2) is 41.3 Å². The number of anilines is 2. The number of amides is 2. The Balaban J connectivity index is 1.39. The van der Waals surface area contributed by atoms with Crippen molar-refractivity contribution in [1.82, 2.24) is 9.88 Å². The largest absolute Gasteiger partial charge is 0.325 e. The van der Waals surface area contributed by atoms with E-state index in [-0.39, 0.29) is 17.7 Å². The van der Waals surface area contributed by atoms with Gasteiger partial charge >= 0.3 is 0 Å². The van der Waals surface area contributed by atoms with Crippen LogP contribution >= 0.6 is 11.6 Å². The zero-order valence-corrected chi connectivity index (χ0v) is 16.7. The van der Waals surface area contributed by atoms with Crippen molar-refractivity contribution < 1.29 is 9.59 Å². The highest BCUT2D eigenvalue weighted by molar-refractivity contribution is 6.33. The number of para-hydroxylation sites is 1. The molecule has 0 radical (unpaired) electrons. The minimum absolute atomic E-state index is 0.0173. The number of hydrogen-bond donors (Lipinski definition) is 2. The summed E-state index contributed by atoms with van der Waals surface area (Å²) in [5, 5.41) is 6.26. The fourth-order valence-corrected chi connectivity index (χ4v) is 3.41. The lowest BCUT2D eigenvalue weighted by molar-refractivity contribution is -0.121. The Bertz CT molecular complexity index is 817. The highest BCUT2D eigenvalue weighted by atomic mass is 35.5. The number of likely N-dealkylation sites (tertiary alicyclic amines) is 1. The fourth-order valence-electron chi connectivity index (χ4n) is 3.22. The normalized spacial score (nSPS) is 15.2. The lowest BCUT2D eigenvalue weighted by atomic mass is 9.96. The summed E-state index contributed by atoms with van der Waals surface area (Å²) in [4.78, 5) is 31.0. The maximum absolute atomic E-state index is 12.4. The van der Waals surface area contributed by atoms with Crippen LogP contribution in [0.1, 0.15) is 24.8 Å². The maximum atomic E-state index is 12.4. The molecule has 1 aromatic carbocycles. The molecule has 28 heavy (non-hydrogen) atoms. The van der Waals surface area contributed by atoms with Gasteiger partial charge in [-0.2, -0.15) is 0 Å². The highest BCUT2D eigenvalue weighted by Crippen LogP contribution is 2.21. The molecule has 0 aliphatic carbocycles. The zero-order valence-electron chi connectivity index (χ0n) is 16.0. The van der Waals surface area contributed by atoms with Gasteiger partial charge in [0.05, 0.1) is 10.7 Å². The molecule has 1 fully saturated rings. The molecule has 2 amide bonds. The fraction of sp³-hybridized carbons (Fsp3) is 0.381. The van der Waals surface area contributed by atoms with E-state index in [1.807, 2.05) is 31.2 Å². The summed E-state index contributed by atoms with van der Waals surface area (Å²) >= 11 is 6.06. The molecule has 0 bridgehead atoms. The monoisotopic (exact) mass is 400 g/mol. The molecule has 1 aliphatic rings. The maximum Gasteiger partial charge on any atom is 0.228 e. The van der Waals surface area contributed by atoms with Crippen LogP contribution in [0.25, 0.3) is 0 Å². The topological polar surface area (TPSA) is 74.3 Å². The summed E-state index contributed by atoms with van der Waals surface area (Å²) < 4.78 is 0. The first kappa shape index (κ1) is 20.3. The van der Waals surface area contributed by atoms with Crippen molar-refractivity contribution in [1.29, 1.82) is 0 Å². The number of aryl methyl sites for hydroxylation is 1. The number of carbonyl (C=O) groups is 2. The molecule has 1 aromatic heterocycles. The van der Waals surface area contributed by atoms with Crippen LogP contribution in [0.4, 0.5) is 11.5 Å². The summed E-state index contributed by atoms with van der Waals surface area (Å²) in [6.07, 6.45) is 3.70. The van der Waals surface area contributed by atoms with E-state index in [4.69, 9.17) is 11.6 Å². The van der Waals surface area contributed by atoms with Gasteiger partial charge in [0.2, 0.25) is 11.8 Å². The molecular weight excluding hydrogens is 376 g/mol. The number of nitrogens with one attached hydrogen (secondary N) is 2. The number of piperidine rings is 1. The predicted octanol–water partition coefficient (Wildman–Crippen LogP) is 3.72. The zero-order chi connectivity index (χ0) is 19.9. The number of halogens is 1. The van der Waals surface area contributed by atoms with Crippen LogP contribution in [0.5, 0.6) is 0 Å². The SMILES string of the molecule is Cc1ccc(NC(=O)C2CCN(CCC(=O)Nc3ccccc3Cl)CC2)nc1. The second-order valence-corrected chi connectivity index (χ2v) is 7.51. The first-order valence-corrected chi connectivity index (χ1v) is 9.89. The van der Waals surface area contributed by atoms with Crippen molar-refractivity contribution in [2.75, 3.05) is 30.3 Å². The lowest BCUT2D eigenvalue weighted by Crippen LogP contribution is -2.39. The average Bonchev–Trinajstić information content (AvgIpc) is 2.70. The Labute approximate surface area is 170 Å². The van der Waals surface area contributed by atoms with Crippen LogP contribution in [0.15, 0.2) is 42.6 Å². The minimum Gasteiger partial charge on any atom is -0.325 e. The van der Waals surface area contributed by atoms with Gasteiger partial charge in [-0.1, -0.05) is 29.8 Å². The summed E-state index contributed by atoms with van der Waals surface area (Å²) in [5.41, 5.74) is 1.69. The summed E-state index contributed by atoms with van der Waals surface area (Å²) in [5.74, 6) is 0.538. The van der Waals surface area contributed by atoms with Crippen molar-refractivity contribution in [3.8, 4) is 0 Å². The Morgan fingerprint density at radius 2 is 1.89 bits per heavy atom. The number of aromatic nitrogens is 1. The van der Waals surface area contributed by atoms with E-state index in [1.54, 1.807) is 18.3 Å². The van der Waals surface area contributed by atoms with Gasteiger partial charge < -0.3 is 15.5 Å². The molecular formula is C21H25ClN4O2. The molecule has 1 aliphatic heterocycles. The molecule has 2 N–H and O–H groups in total. The van der Waals surface area contributed by atoms with Crippen LogP contribution in [0, 0.1) is 12.8 Å². The number of pyridine rings is 1. The summed E-state index contributed by atoms with van der Waals surface area (Å²) in [6.45, 7) is 4.24. The number of carbonyl (C=O) groups excluding carboxylic acids is 2. The van der Waals surface area contributed by atoms with Crippen LogP contribution in [0.2, 0.25) is 5.02 Å². The standard InChI is InChI=1S/C21H25ClN4O2/c1-15-6-7-19(23-14-15)25-21(28)16-8-11-26(12-9-16)13-10-20(27)24-18-5-3-2-4-17(18)22/h2-7,14,16H,8-13H2,1H3,(H,24,27)(H,23,25,28).